The maximum atomic E-state index is 12.7. The minimum atomic E-state index is -0.873. The molecule has 2 atom stereocenters. The highest BCUT2D eigenvalue weighted by molar-refractivity contribution is 5.72. The SMILES string of the molecule is CCCCCCCCCCCC/C=C/CCCCCCCCCC(=O)OC(COCCC(C(=O)O)[N+](C)(C)C)COC(=O)CCCCCCCCCCC. The molecule has 318 valence electrons. The molecule has 0 aliphatic carbocycles. The van der Waals surface area contributed by atoms with Gasteiger partial charge in [-0.1, -0.05) is 167 Å². The summed E-state index contributed by atoms with van der Waals surface area (Å²) in [6.45, 7) is 4.73. The van der Waals surface area contributed by atoms with E-state index in [1.165, 1.54) is 141 Å². The number of allylic oxidation sites excluding steroid dienone is 2. The monoisotopic (exact) mass is 767 g/mol. The summed E-state index contributed by atoms with van der Waals surface area (Å²) in [5, 5.41) is 9.60. The van der Waals surface area contributed by atoms with Crippen LogP contribution in [0.25, 0.3) is 0 Å². The zero-order valence-corrected chi connectivity index (χ0v) is 36.2. The zero-order chi connectivity index (χ0) is 40.0. The third-order valence-corrected chi connectivity index (χ3v) is 10.4. The van der Waals surface area contributed by atoms with Crippen LogP contribution in [0.2, 0.25) is 0 Å². The van der Waals surface area contributed by atoms with Crippen LogP contribution in [0.1, 0.15) is 213 Å². The van der Waals surface area contributed by atoms with Gasteiger partial charge in [-0.25, -0.2) is 4.79 Å². The van der Waals surface area contributed by atoms with Gasteiger partial charge in [-0.2, -0.15) is 0 Å². The van der Waals surface area contributed by atoms with Crippen molar-refractivity contribution >= 4 is 17.9 Å². The number of carbonyl (C=O) groups is 3. The average Bonchev–Trinajstić information content (AvgIpc) is 3.12. The lowest BCUT2D eigenvalue weighted by molar-refractivity contribution is -0.887. The highest BCUT2D eigenvalue weighted by Crippen LogP contribution is 2.15. The molecule has 0 rings (SSSR count). The first-order chi connectivity index (χ1) is 26.1. The van der Waals surface area contributed by atoms with Gasteiger partial charge in [-0.05, 0) is 38.5 Å². The lowest BCUT2D eigenvalue weighted by Gasteiger charge is -2.31. The van der Waals surface area contributed by atoms with Crippen molar-refractivity contribution in [3.63, 3.8) is 0 Å². The Morgan fingerprint density at radius 2 is 0.926 bits per heavy atom. The van der Waals surface area contributed by atoms with Crippen molar-refractivity contribution in [3.8, 4) is 0 Å². The second-order valence-corrected chi connectivity index (χ2v) is 16.7. The number of carboxylic acid groups (broad SMARTS) is 1. The molecular formula is C46H88NO7+. The Hall–Kier alpha value is -1.93. The zero-order valence-electron chi connectivity index (χ0n) is 36.2. The minimum absolute atomic E-state index is 0.0474. The molecule has 1 N–H and O–H groups in total. The first-order valence-electron chi connectivity index (χ1n) is 22.7. The van der Waals surface area contributed by atoms with Crippen molar-refractivity contribution in [2.45, 2.75) is 225 Å². The van der Waals surface area contributed by atoms with E-state index in [1.807, 2.05) is 21.1 Å². The van der Waals surface area contributed by atoms with E-state index in [4.69, 9.17) is 14.2 Å². The number of likely N-dealkylation sites (N-methyl/N-ethyl adjacent to an activating group) is 1. The number of quaternary nitrogens is 1. The fraction of sp³-hybridized carbons (Fsp3) is 0.891. The van der Waals surface area contributed by atoms with Gasteiger partial charge in [-0.15, -0.1) is 0 Å². The van der Waals surface area contributed by atoms with Gasteiger partial charge in [0.05, 0.1) is 34.4 Å². The molecule has 2 unspecified atom stereocenters. The molecule has 8 heteroatoms. The molecule has 54 heavy (non-hydrogen) atoms. The third kappa shape index (κ3) is 35.8. The number of ether oxygens (including phenoxy) is 3. The molecule has 0 saturated heterocycles. The van der Waals surface area contributed by atoms with Crippen LogP contribution in [0.15, 0.2) is 12.2 Å². The Morgan fingerprint density at radius 3 is 1.33 bits per heavy atom. The van der Waals surface area contributed by atoms with Crippen molar-refractivity contribution in [1.29, 1.82) is 0 Å². The van der Waals surface area contributed by atoms with Crippen LogP contribution in [0, 0.1) is 0 Å². The average molecular weight is 767 g/mol. The Labute approximate surface area is 333 Å². The van der Waals surface area contributed by atoms with E-state index in [1.54, 1.807) is 0 Å². The standard InChI is InChI=1S/C46H87NO7/c1-6-8-10-12-14-16-17-18-19-20-21-22-23-24-25-26-27-29-31-33-35-37-45(49)54-42(40-52-39-38-43(46(50)51)47(3,4)5)41-53-44(48)36-34-32-30-28-15-13-11-9-7-2/h22-23,42-43H,6-21,24-41H2,1-5H3/p+1/b23-22+. The largest absolute Gasteiger partial charge is 0.477 e. The first kappa shape index (κ1) is 52.1. The summed E-state index contributed by atoms with van der Waals surface area (Å²) in [4.78, 5) is 36.9. The highest BCUT2D eigenvalue weighted by Gasteiger charge is 2.31. The van der Waals surface area contributed by atoms with Crippen molar-refractivity contribution in [3.05, 3.63) is 12.2 Å². The Balaban J connectivity index is 4.21. The van der Waals surface area contributed by atoms with Crippen LogP contribution in [0.5, 0.6) is 0 Å². The second kappa shape index (κ2) is 38.0. The van der Waals surface area contributed by atoms with Crippen LogP contribution >= 0.6 is 0 Å². The van der Waals surface area contributed by atoms with Gasteiger partial charge in [0.1, 0.15) is 6.61 Å². The van der Waals surface area contributed by atoms with E-state index in [0.29, 0.717) is 19.3 Å². The first-order valence-corrected chi connectivity index (χ1v) is 22.7. The fourth-order valence-electron chi connectivity index (χ4n) is 6.85. The van der Waals surface area contributed by atoms with E-state index in [9.17, 15) is 19.5 Å². The topological polar surface area (TPSA) is 99.1 Å². The molecule has 0 aliphatic heterocycles. The van der Waals surface area contributed by atoms with Crippen molar-refractivity contribution < 1.29 is 38.2 Å². The van der Waals surface area contributed by atoms with Gasteiger partial charge in [0.2, 0.25) is 0 Å². The lowest BCUT2D eigenvalue weighted by Crippen LogP contribution is -2.50. The Bertz CT molecular complexity index is 900. The number of rotatable bonds is 41. The van der Waals surface area contributed by atoms with Gasteiger partial charge in [-0.3, -0.25) is 9.59 Å². The van der Waals surface area contributed by atoms with Gasteiger partial charge in [0.15, 0.2) is 12.1 Å². The summed E-state index contributed by atoms with van der Waals surface area (Å²) < 4.78 is 17.2. The molecule has 0 aromatic rings. The summed E-state index contributed by atoms with van der Waals surface area (Å²) in [6, 6.07) is -0.610. The molecule has 0 amide bonds. The summed E-state index contributed by atoms with van der Waals surface area (Å²) in [5.74, 6) is -1.46. The molecule has 0 aromatic heterocycles. The number of carbonyl (C=O) groups excluding carboxylic acids is 2. The number of hydrogen-bond acceptors (Lipinski definition) is 6. The van der Waals surface area contributed by atoms with Crippen molar-refractivity contribution in [2.75, 3.05) is 41.0 Å². The van der Waals surface area contributed by atoms with Crippen LogP contribution < -0.4 is 0 Å². The number of hydrogen-bond donors (Lipinski definition) is 1. The van der Waals surface area contributed by atoms with E-state index >= 15 is 0 Å². The van der Waals surface area contributed by atoms with Crippen LogP contribution in [0.4, 0.5) is 0 Å². The third-order valence-electron chi connectivity index (χ3n) is 10.4. The Morgan fingerprint density at radius 1 is 0.537 bits per heavy atom. The van der Waals surface area contributed by atoms with E-state index < -0.39 is 18.1 Å². The van der Waals surface area contributed by atoms with Crippen LogP contribution in [-0.2, 0) is 28.6 Å². The van der Waals surface area contributed by atoms with Crippen molar-refractivity contribution in [1.82, 2.24) is 0 Å². The number of nitrogens with zero attached hydrogens (tertiary/aromatic N) is 1. The summed E-state index contributed by atoms with van der Waals surface area (Å²) in [5.41, 5.74) is 0. The minimum Gasteiger partial charge on any atom is -0.477 e. The number of carboxylic acids is 1. The fourth-order valence-corrected chi connectivity index (χ4v) is 6.85. The molecule has 0 heterocycles. The van der Waals surface area contributed by atoms with Gasteiger partial charge in [0, 0.05) is 19.3 Å². The quantitative estimate of drug-likeness (QED) is 0.0286. The van der Waals surface area contributed by atoms with Gasteiger partial charge in [0.25, 0.3) is 0 Å². The maximum absolute atomic E-state index is 12.7. The Kier molecular flexibility index (Phi) is 36.6. The maximum Gasteiger partial charge on any atom is 0.362 e. The van der Waals surface area contributed by atoms with Crippen LogP contribution in [-0.4, -0.2) is 80.6 Å². The molecule has 0 radical (unpaired) electrons. The molecule has 0 aromatic carbocycles. The number of aliphatic carboxylic acids is 1. The molecule has 0 aliphatic rings. The highest BCUT2D eigenvalue weighted by atomic mass is 16.6. The predicted octanol–water partition coefficient (Wildman–Crippen LogP) is 12.3. The summed E-state index contributed by atoms with van der Waals surface area (Å²) in [7, 11) is 5.53. The molecule has 8 nitrogen and oxygen atoms in total. The van der Waals surface area contributed by atoms with Gasteiger partial charge >= 0.3 is 17.9 Å². The van der Waals surface area contributed by atoms with Crippen molar-refractivity contribution in [2.24, 2.45) is 0 Å². The summed E-state index contributed by atoms with van der Waals surface area (Å²) >= 11 is 0. The lowest BCUT2D eigenvalue weighted by atomic mass is 10.1. The van der Waals surface area contributed by atoms with E-state index in [2.05, 4.69) is 26.0 Å². The van der Waals surface area contributed by atoms with Crippen LogP contribution in [0.3, 0.4) is 0 Å². The molecule has 0 bridgehead atoms. The van der Waals surface area contributed by atoms with Gasteiger partial charge < -0.3 is 23.8 Å². The molecule has 0 spiro atoms. The molecule has 0 saturated carbocycles. The normalized spacial score (nSPS) is 13.0. The number of esters is 2. The number of unbranched alkanes of at least 4 members (excludes halogenated alkanes) is 25. The summed E-state index contributed by atoms with van der Waals surface area (Å²) in [6.07, 6.45) is 39.8. The van der Waals surface area contributed by atoms with E-state index in [0.717, 1.165) is 38.5 Å². The second-order valence-electron chi connectivity index (χ2n) is 16.7. The molecular weight excluding hydrogens is 679 g/mol. The molecule has 0 fully saturated rings. The predicted molar refractivity (Wildman–Crippen MR) is 225 cm³/mol. The van der Waals surface area contributed by atoms with E-state index in [-0.39, 0.29) is 36.2 Å². The smallest absolute Gasteiger partial charge is 0.362 e.